The number of hydrogen-bond acceptors (Lipinski definition) is 5. The van der Waals surface area contributed by atoms with E-state index in [1.807, 2.05) is 12.3 Å². The molecule has 5 nitrogen and oxygen atoms in total. The molecule has 2 aromatic heterocycles. The third-order valence-corrected chi connectivity index (χ3v) is 7.46. The van der Waals surface area contributed by atoms with Crippen LogP contribution in [0.2, 0.25) is 0 Å². The number of halogens is 2. The fourth-order valence-corrected chi connectivity index (χ4v) is 5.41. The topological polar surface area (TPSA) is 62.3 Å². The molecule has 1 aliphatic heterocycles. The molecule has 3 heterocycles. The number of piperidine rings is 1. The van der Waals surface area contributed by atoms with E-state index in [1.165, 1.54) is 9.78 Å². The minimum absolute atomic E-state index is 0.0167. The van der Waals surface area contributed by atoms with Gasteiger partial charge in [0.15, 0.2) is 0 Å². The van der Waals surface area contributed by atoms with E-state index in [2.05, 4.69) is 22.4 Å². The van der Waals surface area contributed by atoms with Crippen molar-refractivity contribution in [3.63, 3.8) is 0 Å². The Hall–Kier alpha value is -2.65. The number of aromatic nitrogens is 1. The zero-order valence-electron chi connectivity index (χ0n) is 17.6. The summed E-state index contributed by atoms with van der Waals surface area (Å²) < 4.78 is 27.0. The molecular formula is C23H23F2N3O2S2. The fraction of sp³-hybridized carbons (Fsp3) is 0.348. The van der Waals surface area contributed by atoms with E-state index in [0.717, 1.165) is 34.1 Å². The van der Waals surface area contributed by atoms with Crippen molar-refractivity contribution >= 4 is 34.5 Å². The van der Waals surface area contributed by atoms with Crippen LogP contribution < -0.4 is 5.32 Å². The Morgan fingerprint density at radius 3 is 2.66 bits per heavy atom. The second-order valence-electron chi connectivity index (χ2n) is 7.75. The Morgan fingerprint density at radius 2 is 1.97 bits per heavy atom. The van der Waals surface area contributed by atoms with Crippen molar-refractivity contribution in [2.45, 2.75) is 26.2 Å². The summed E-state index contributed by atoms with van der Waals surface area (Å²) in [6.07, 6.45) is 1.79. The maximum absolute atomic E-state index is 13.9. The molecule has 0 aliphatic carbocycles. The van der Waals surface area contributed by atoms with Gasteiger partial charge in [-0.3, -0.25) is 9.59 Å². The number of carbonyl (C=O) groups is 2. The molecule has 168 valence electrons. The third-order valence-electron chi connectivity index (χ3n) is 5.52. The van der Waals surface area contributed by atoms with Crippen LogP contribution in [0.5, 0.6) is 0 Å². The zero-order chi connectivity index (χ0) is 22.7. The van der Waals surface area contributed by atoms with E-state index < -0.39 is 17.5 Å². The molecule has 32 heavy (non-hydrogen) atoms. The quantitative estimate of drug-likeness (QED) is 0.564. The fourth-order valence-electron chi connectivity index (χ4n) is 3.76. The van der Waals surface area contributed by atoms with Gasteiger partial charge in [0.05, 0.1) is 21.1 Å². The lowest BCUT2D eigenvalue weighted by Gasteiger charge is -2.31. The summed E-state index contributed by atoms with van der Waals surface area (Å²) in [5.41, 5.74) is 0.854. The number of thiazole rings is 1. The minimum atomic E-state index is -0.864. The maximum atomic E-state index is 13.9. The molecule has 9 heteroatoms. The second kappa shape index (κ2) is 9.87. The van der Waals surface area contributed by atoms with Crippen molar-refractivity contribution in [1.29, 1.82) is 0 Å². The Kier molecular flexibility index (Phi) is 6.95. The third kappa shape index (κ3) is 5.21. The predicted molar refractivity (Wildman–Crippen MR) is 122 cm³/mol. The zero-order valence-corrected chi connectivity index (χ0v) is 19.2. The van der Waals surface area contributed by atoms with Gasteiger partial charge in [-0.25, -0.2) is 13.8 Å². The van der Waals surface area contributed by atoms with Crippen molar-refractivity contribution in [3.8, 4) is 10.6 Å². The molecule has 0 spiro atoms. The van der Waals surface area contributed by atoms with Crippen LogP contribution in [0.4, 0.5) is 8.78 Å². The van der Waals surface area contributed by atoms with Crippen LogP contribution in [0.15, 0.2) is 35.7 Å². The summed E-state index contributed by atoms with van der Waals surface area (Å²) >= 11 is 3.31. The van der Waals surface area contributed by atoms with Gasteiger partial charge in [-0.05, 0) is 50.5 Å². The summed E-state index contributed by atoms with van der Waals surface area (Å²) in [7, 11) is 0. The number of hydrogen-bond donors (Lipinski definition) is 1. The van der Waals surface area contributed by atoms with Gasteiger partial charge in [0.25, 0.3) is 5.91 Å². The van der Waals surface area contributed by atoms with Gasteiger partial charge in [-0.2, -0.15) is 0 Å². The number of nitrogens with zero attached hydrogens (tertiary/aromatic N) is 2. The average molecular weight is 476 g/mol. The highest BCUT2D eigenvalue weighted by Crippen LogP contribution is 2.29. The average Bonchev–Trinajstić information content (AvgIpc) is 3.42. The first-order chi connectivity index (χ1) is 15.4. The molecule has 0 radical (unpaired) electrons. The maximum Gasteiger partial charge on any atom is 0.256 e. The molecule has 1 aliphatic rings. The highest BCUT2D eigenvalue weighted by molar-refractivity contribution is 7.16. The standard InChI is InChI=1S/C23H23F2N3O2S2/c1-14-27-20(13-31-14)21-5-3-17(32-21)6-9-26-22(29)15-7-10-28(11-8-15)23(30)18-4-2-16(24)12-19(18)25/h2-5,12-13,15H,6-11H2,1H3,(H,26,29). The lowest BCUT2D eigenvalue weighted by Crippen LogP contribution is -2.43. The number of nitrogens with one attached hydrogen (secondary N) is 1. The van der Waals surface area contributed by atoms with Gasteiger partial charge in [-0.1, -0.05) is 0 Å². The van der Waals surface area contributed by atoms with E-state index in [4.69, 9.17) is 0 Å². The Bertz CT molecular complexity index is 1120. The number of amides is 2. The number of benzene rings is 1. The second-order valence-corrected chi connectivity index (χ2v) is 9.98. The first-order valence-corrected chi connectivity index (χ1v) is 12.1. The van der Waals surface area contributed by atoms with Gasteiger partial charge in [0, 0.05) is 41.9 Å². The predicted octanol–water partition coefficient (Wildman–Crippen LogP) is 4.67. The van der Waals surface area contributed by atoms with Gasteiger partial charge in [0.1, 0.15) is 11.6 Å². The molecule has 0 bridgehead atoms. The SMILES string of the molecule is Cc1nc(-c2ccc(CCNC(=O)C3CCN(C(=O)c4ccc(F)cc4F)CC3)s2)cs1. The minimum Gasteiger partial charge on any atom is -0.355 e. The molecule has 1 fully saturated rings. The molecule has 0 atom stereocenters. The Labute approximate surface area is 193 Å². The number of carbonyl (C=O) groups excluding carboxylic acids is 2. The van der Waals surface area contributed by atoms with Crippen molar-refractivity contribution in [3.05, 3.63) is 62.8 Å². The molecule has 1 aromatic carbocycles. The number of aryl methyl sites for hydroxylation is 1. The van der Waals surface area contributed by atoms with Crippen molar-refractivity contribution < 1.29 is 18.4 Å². The van der Waals surface area contributed by atoms with Crippen LogP contribution in [-0.2, 0) is 11.2 Å². The molecule has 1 N–H and O–H groups in total. The normalized spacial score (nSPS) is 14.5. The Morgan fingerprint density at radius 1 is 1.19 bits per heavy atom. The summed E-state index contributed by atoms with van der Waals surface area (Å²) in [6, 6.07) is 7.08. The molecular weight excluding hydrogens is 452 g/mol. The van der Waals surface area contributed by atoms with Crippen LogP contribution in [0, 0.1) is 24.5 Å². The van der Waals surface area contributed by atoms with E-state index >= 15 is 0 Å². The molecule has 2 amide bonds. The van der Waals surface area contributed by atoms with Gasteiger partial charge in [0.2, 0.25) is 5.91 Å². The summed E-state index contributed by atoms with van der Waals surface area (Å²) in [5.74, 6) is -2.24. The number of rotatable bonds is 6. The van der Waals surface area contributed by atoms with E-state index in [0.29, 0.717) is 38.5 Å². The first-order valence-electron chi connectivity index (χ1n) is 10.4. The number of thiophene rings is 1. The van der Waals surface area contributed by atoms with E-state index in [1.54, 1.807) is 22.7 Å². The van der Waals surface area contributed by atoms with Crippen molar-refractivity contribution in [2.75, 3.05) is 19.6 Å². The van der Waals surface area contributed by atoms with Crippen molar-refractivity contribution in [1.82, 2.24) is 15.2 Å². The molecule has 1 saturated heterocycles. The van der Waals surface area contributed by atoms with Gasteiger partial charge in [-0.15, -0.1) is 22.7 Å². The Balaban J connectivity index is 1.23. The molecule has 0 saturated carbocycles. The largest absolute Gasteiger partial charge is 0.355 e. The van der Waals surface area contributed by atoms with Crippen LogP contribution in [-0.4, -0.2) is 41.3 Å². The van der Waals surface area contributed by atoms with Crippen LogP contribution in [0.3, 0.4) is 0 Å². The van der Waals surface area contributed by atoms with E-state index in [-0.39, 0.29) is 17.4 Å². The summed E-state index contributed by atoms with van der Waals surface area (Å²) in [5, 5.41) is 6.08. The molecule has 4 rings (SSSR count). The molecule has 0 unspecified atom stereocenters. The summed E-state index contributed by atoms with van der Waals surface area (Å²) in [4.78, 5) is 33.4. The lowest BCUT2D eigenvalue weighted by molar-refractivity contribution is -0.126. The lowest BCUT2D eigenvalue weighted by atomic mass is 9.95. The smallest absolute Gasteiger partial charge is 0.256 e. The van der Waals surface area contributed by atoms with Gasteiger partial charge >= 0.3 is 0 Å². The highest BCUT2D eigenvalue weighted by atomic mass is 32.1. The first kappa shape index (κ1) is 22.5. The molecule has 3 aromatic rings. The van der Waals surface area contributed by atoms with E-state index in [9.17, 15) is 18.4 Å². The highest BCUT2D eigenvalue weighted by Gasteiger charge is 2.28. The summed E-state index contributed by atoms with van der Waals surface area (Å²) in [6.45, 7) is 3.28. The van der Waals surface area contributed by atoms with Crippen LogP contribution in [0.1, 0.15) is 33.1 Å². The van der Waals surface area contributed by atoms with Gasteiger partial charge < -0.3 is 10.2 Å². The van der Waals surface area contributed by atoms with Crippen LogP contribution in [0.25, 0.3) is 10.6 Å². The monoisotopic (exact) mass is 475 g/mol. The number of likely N-dealkylation sites (tertiary alicyclic amines) is 1. The van der Waals surface area contributed by atoms with Crippen LogP contribution >= 0.6 is 22.7 Å². The van der Waals surface area contributed by atoms with Crippen molar-refractivity contribution in [2.24, 2.45) is 5.92 Å².